The van der Waals surface area contributed by atoms with Crippen molar-refractivity contribution in [1.29, 1.82) is 0 Å². The highest BCUT2D eigenvalue weighted by molar-refractivity contribution is 5.96. The Morgan fingerprint density at radius 3 is 2.43 bits per heavy atom. The van der Waals surface area contributed by atoms with E-state index in [1.165, 1.54) is 7.11 Å². The van der Waals surface area contributed by atoms with Gasteiger partial charge in [-0.25, -0.2) is 4.79 Å². The molecule has 6 heteroatoms. The first-order valence-corrected chi connectivity index (χ1v) is 8.64. The lowest BCUT2D eigenvalue weighted by Crippen LogP contribution is -2.46. The number of rotatable bonds is 6. The maximum atomic E-state index is 12.2. The third-order valence-corrected chi connectivity index (χ3v) is 3.91. The van der Waals surface area contributed by atoms with Gasteiger partial charge in [0.2, 0.25) is 0 Å². The molecule has 0 aliphatic carbocycles. The number of aliphatic hydroxyl groups excluding tert-OH is 1. The molecule has 0 bridgehead atoms. The quantitative estimate of drug-likeness (QED) is 0.522. The number of nitrogens with two attached hydrogens (primary N) is 1. The molecule has 2 aromatic carbocycles. The second-order valence-corrected chi connectivity index (χ2v) is 5.86. The zero-order chi connectivity index (χ0) is 20.4. The van der Waals surface area contributed by atoms with Crippen LogP contribution in [0, 0.1) is 11.8 Å². The molecule has 2 rings (SSSR count). The smallest absolute Gasteiger partial charge is 0.329 e. The molecule has 0 unspecified atom stereocenters. The normalized spacial score (nSPS) is 11.4. The molecule has 0 radical (unpaired) electrons. The standard InChI is InChI=1S/C22H22N2O4/c1-28-22(27)20(14-23)24-21(26)19-12-10-17(11-13-19)5-3-2-4-16-6-8-18(15-25)9-7-16/h2,4,6-13,20,25H,14-15,23H2,1H3,(H,24,26)/b4-2+/t20-/m0/s1. The van der Waals surface area contributed by atoms with Crippen LogP contribution in [0.5, 0.6) is 0 Å². The number of carbonyl (C=O) groups excluding carboxylic acids is 2. The van der Waals surface area contributed by atoms with Crippen LogP contribution in [-0.2, 0) is 16.1 Å². The predicted molar refractivity (Wildman–Crippen MR) is 107 cm³/mol. The average molecular weight is 378 g/mol. The van der Waals surface area contributed by atoms with Crippen molar-refractivity contribution >= 4 is 18.0 Å². The summed E-state index contributed by atoms with van der Waals surface area (Å²) in [4.78, 5) is 23.7. The summed E-state index contributed by atoms with van der Waals surface area (Å²) in [6, 6.07) is 13.3. The molecule has 0 saturated heterocycles. The number of methoxy groups -OCH3 is 1. The van der Waals surface area contributed by atoms with Crippen molar-refractivity contribution < 1.29 is 19.4 Å². The van der Waals surface area contributed by atoms with Gasteiger partial charge in [0, 0.05) is 17.7 Å². The molecular formula is C22H22N2O4. The van der Waals surface area contributed by atoms with E-state index >= 15 is 0 Å². The zero-order valence-corrected chi connectivity index (χ0v) is 15.5. The Morgan fingerprint density at radius 1 is 1.18 bits per heavy atom. The largest absolute Gasteiger partial charge is 0.467 e. The van der Waals surface area contributed by atoms with Crippen molar-refractivity contribution in [3.63, 3.8) is 0 Å². The first kappa shape index (κ1) is 20.9. The molecule has 0 aliphatic rings. The number of nitrogens with one attached hydrogen (secondary N) is 1. The van der Waals surface area contributed by atoms with Crippen LogP contribution in [-0.4, -0.2) is 36.7 Å². The van der Waals surface area contributed by atoms with Gasteiger partial charge in [-0.2, -0.15) is 0 Å². The van der Waals surface area contributed by atoms with E-state index in [9.17, 15) is 9.59 Å². The molecule has 0 aliphatic heterocycles. The summed E-state index contributed by atoms with van der Waals surface area (Å²) in [7, 11) is 1.24. The van der Waals surface area contributed by atoms with Crippen LogP contribution in [0.25, 0.3) is 6.08 Å². The Hall–Kier alpha value is -3.40. The first-order valence-electron chi connectivity index (χ1n) is 8.64. The molecule has 1 amide bonds. The Balaban J connectivity index is 1.97. The minimum Gasteiger partial charge on any atom is -0.467 e. The fourth-order valence-corrected chi connectivity index (χ4v) is 2.30. The van der Waals surface area contributed by atoms with Crippen molar-refractivity contribution in [3.8, 4) is 11.8 Å². The fraction of sp³-hybridized carbons (Fsp3) is 0.182. The number of hydrogen-bond donors (Lipinski definition) is 3. The summed E-state index contributed by atoms with van der Waals surface area (Å²) in [5.41, 5.74) is 8.46. The van der Waals surface area contributed by atoms with Crippen LogP contribution in [0.15, 0.2) is 54.6 Å². The van der Waals surface area contributed by atoms with E-state index in [1.54, 1.807) is 30.3 Å². The third-order valence-electron chi connectivity index (χ3n) is 3.91. The number of carbonyl (C=O) groups is 2. The Morgan fingerprint density at radius 2 is 1.86 bits per heavy atom. The SMILES string of the molecule is COC(=O)[C@H](CN)NC(=O)c1ccc(C#C/C=C/c2ccc(CO)cc2)cc1. The molecule has 0 spiro atoms. The number of benzene rings is 2. The predicted octanol–water partition coefficient (Wildman–Crippen LogP) is 1.47. The summed E-state index contributed by atoms with van der Waals surface area (Å²) in [5, 5.41) is 11.6. The molecule has 0 fully saturated rings. The van der Waals surface area contributed by atoms with E-state index in [1.807, 2.05) is 30.3 Å². The summed E-state index contributed by atoms with van der Waals surface area (Å²) >= 11 is 0. The van der Waals surface area contributed by atoms with E-state index in [-0.39, 0.29) is 13.2 Å². The van der Waals surface area contributed by atoms with Crippen LogP contribution in [0.1, 0.15) is 27.0 Å². The van der Waals surface area contributed by atoms with Gasteiger partial charge in [0.15, 0.2) is 0 Å². The third kappa shape index (κ3) is 6.09. The summed E-state index contributed by atoms with van der Waals surface area (Å²) in [6.07, 6.45) is 3.60. The minimum absolute atomic E-state index is 0.0212. The van der Waals surface area contributed by atoms with Crippen molar-refractivity contribution in [2.24, 2.45) is 5.73 Å². The number of esters is 1. The lowest BCUT2D eigenvalue weighted by molar-refractivity contribution is -0.142. The van der Waals surface area contributed by atoms with Crippen molar-refractivity contribution in [3.05, 3.63) is 76.9 Å². The Labute approximate surface area is 164 Å². The molecule has 0 heterocycles. The zero-order valence-electron chi connectivity index (χ0n) is 15.5. The van der Waals surface area contributed by atoms with Gasteiger partial charge in [-0.1, -0.05) is 36.1 Å². The van der Waals surface area contributed by atoms with Crippen LogP contribution in [0.3, 0.4) is 0 Å². The van der Waals surface area contributed by atoms with Gasteiger partial charge >= 0.3 is 5.97 Å². The highest BCUT2D eigenvalue weighted by Gasteiger charge is 2.20. The molecule has 28 heavy (non-hydrogen) atoms. The molecule has 144 valence electrons. The van der Waals surface area contributed by atoms with Crippen LogP contribution in [0.2, 0.25) is 0 Å². The number of allylic oxidation sites excluding steroid dienone is 1. The monoisotopic (exact) mass is 378 g/mol. The Bertz CT molecular complexity index is 891. The second kappa shape index (κ2) is 10.7. The van der Waals surface area contributed by atoms with E-state index in [4.69, 9.17) is 10.8 Å². The van der Waals surface area contributed by atoms with Crippen LogP contribution in [0.4, 0.5) is 0 Å². The van der Waals surface area contributed by atoms with Gasteiger partial charge < -0.3 is 20.9 Å². The van der Waals surface area contributed by atoms with Gasteiger partial charge in [0.05, 0.1) is 13.7 Å². The number of aliphatic hydroxyl groups is 1. The van der Waals surface area contributed by atoms with Gasteiger partial charge in [0.25, 0.3) is 5.91 Å². The van der Waals surface area contributed by atoms with E-state index < -0.39 is 17.9 Å². The highest BCUT2D eigenvalue weighted by atomic mass is 16.5. The molecule has 0 aromatic heterocycles. The highest BCUT2D eigenvalue weighted by Crippen LogP contribution is 2.06. The van der Waals surface area contributed by atoms with Crippen molar-refractivity contribution in [2.75, 3.05) is 13.7 Å². The van der Waals surface area contributed by atoms with Crippen LogP contribution < -0.4 is 11.1 Å². The minimum atomic E-state index is -0.881. The second-order valence-electron chi connectivity index (χ2n) is 5.86. The maximum absolute atomic E-state index is 12.2. The molecular weight excluding hydrogens is 356 g/mol. The number of ether oxygens (including phenoxy) is 1. The lowest BCUT2D eigenvalue weighted by atomic mass is 10.1. The number of amides is 1. The topological polar surface area (TPSA) is 102 Å². The first-order chi connectivity index (χ1) is 13.6. The molecule has 0 saturated carbocycles. The van der Waals surface area contributed by atoms with E-state index in [0.717, 1.165) is 16.7 Å². The van der Waals surface area contributed by atoms with Gasteiger partial charge in [0.1, 0.15) is 6.04 Å². The van der Waals surface area contributed by atoms with Crippen LogP contribution >= 0.6 is 0 Å². The van der Waals surface area contributed by atoms with E-state index in [0.29, 0.717) is 5.56 Å². The molecule has 2 aromatic rings. The van der Waals surface area contributed by atoms with Gasteiger partial charge in [-0.05, 0) is 47.5 Å². The summed E-state index contributed by atoms with van der Waals surface area (Å²) < 4.78 is 4.59. The lowest BCUT2D eigenvalue weighted by Gasteiger charge is -2.14. The summed E-state index contributed by atoms with van der Waals surface area (Å²) in [5.74, 6) is 4.92. The van der Waals surface area contributed by atoms with Gasteiger partial charge in [-0.3, -0.25) is 4.79 Å². The molecule has 4 N–H and O–H groups in total. The van der Waals surface area contributed by atoms with Crippen molar-refractivity contribution in [1.82, 2.24) is 5.32 Å². The number of hydrogen-bond acceptors (Lipinski definition) is 5. The fourth-order valence-electron chi connectivity index (χ4n) is 2.30. The molecule has 1 atom stereocenters. The van der Waals surface area contributed by atoms with Gasteiger partial charge in [-0.15, -0.1) is 0 Å². The van der Waals surface area contributed by atoms with E-state index in [2.05, 4.69) is 21.9 Å². The van der Waals surface area contributed by atoms with Crippen molar-refractivity contribution in [2.45, 2.75) is 12.6 Å². The molecule has 6 nitrogen and oxygen atoms in total. The Kier molecular flexibility index (Phi) is 7.97. The summed E-state index contributed by atoms with van der Waals surface area (Å²) in [6.45, 7) is -0.0234. The average Bonchev–Trinajstić information content (AvgIpc) is 2.75. The maximum Gasteiger partial charge on any atom is 0.329 e.